The van der Waals surface area contributed by atoms with Crippen LogP contribution < -0.4 is 15.0 Å². The molecule has 4 rings (SSSR count). The maximum atomic E-state index is 13.0. The lowest BCUT2D eigenvalue weighted by molar-refractivity contribution is -0.00545. The number of ether oxygens (including phenoxy) is 2. The summed E-state index contributed by atoms with van der Waals surface area (Å²) in [6.45, 7) is 7.72. The van der Waals surface area contributed by atoms with Crippen molar-refractivity contribution in [2.24, 2.45) is 0 Å². The zero-order chi connectivity index (χ0) is 22.7. The summed E-state index contributed by atoms with van der Waals surface area (Å²) in [5.74, 6) is 1.54. The minimum absolute atomic E-state index is 0.152. The lowest BCUT2D eigenvalue weighted by Gasteiger charge is -2.36. The van der Waals surface area contributed by atoms with Crippen molar-refractivity contribution in [1.82, 2.24) is 4.98 Å². The second-order valence-corrected chi connectivity index (χ2v) is 8.23. The van der Waals surface area contributed by atoms with Crippen molar-refractivity contribution in [3.8, 4) is 16.9 Å². The Morgan fingerprint density at radius 3 is 2.41 bits per heavy atom. The van der Waals surface area contributed by atoms with Gasteiger partial charge in [0.15, 0.2) is 0 Å². The van der Waals surface area contributed by atoms with E-state index in [1.807, 2.05) is 61.5 Å². The van der Waals surface area contributed by atoms with E-state index in [4.69, 9.17) is 9.47 Å². The van der Waals surface area contributed by atoms with E-state index < -0.39 is 0 Å². The van der Waals surface area contributed by atoms with Gasteiger partial charge in [-0.1, -0.05) is 24.3 Å². The van der Waals surface area contributed by atoms with E-state index in [-0.39, 0.29) is 18.1 Å². The maximum Gasteiger partial charge on any atom is 0.255 e. The monoisotopic (exact) mass is 431 g/mol. The van der Waals surface area contributed by atoms with E-state index >= 15 is 0 Å². The van der Waals surface area contributed by atoms with Gasteiger partial charge in [-0.2, -0.15) is 0 Å². The first kappa shape index (κ1) is 21.8. The highest BCUT2D eigenvalue weighted by molar-refractivity contribution is 6.06. The summed E-state index contributed by atoms with van der Waals surface area (Å²) < 4.78 is 11.0. The van der Waals surface area contributed by atoms with Gasteiger partial charge in [-0.3, -0.25) is 4.79 Å². The number of anilines is 2. The fourth-order valence-corrected chi connectivity index (χ4v) is 4.18. The van der Waals surface area contributed by atoms with Crippen LogP contribution in [0.2, 0.25) is 0 Å². The first-order valence-corrected chi connectivity index (χ1v) is 10.9. The normalized spacial score (nSPS) is 18.3. The number of carbonyl (C=O) groups excluding carboxylic acids is 1. The fourth-order valence-electron chi connectivity index (χ4n) is 4.18. The molecule has 0 aliphatic carbocycles. The molecule has 3 aromatic rings. The van der Waals surface area contributed by atoms with Gasteiger partial charge >= 0.3 is 0 Å². The van der Waals surface area contributed by atoms with E-state index in [1.165, 1.54) is 0 Å². The molecule has 1 amide bonds. The number of benzene rings is 2. The third kappa shape index (κ3) is 4.75. The Kier molecular flexibility index (Phi) is 6.42. The van der Waals surface area contributed by atoms with Gasteiger partial charge in [-0.15, -0.1) is 0 Å². The summed E-state index contributed by atoms with van der Waals surface area (Å²) >= 11 is 0. The van der Waals surface area contributed by atoms with Crippen LogP contribution in [-0.2, 0) is 4.74 Å². The molecule has 0 bridgehead atoms. The average Bonchev–Trinajstić information content (AvgIpc) is 2.79. The molecule has 2 heterocycles. The summed E-state index contributed by atoms with van der Waals surface area (Å²) in [5, 5.41) is 2.98. The number of nitrogens with one attached hydrogen (secondary N) is 1. The molecule has 1 aliphatic heterocycles. The van der Waals surface area contributed by atoms with Crippen LogP contribution in [0.15, 0.2) is 60.8 Å². The van der Waals surface area contributed by atoms with Gasteiger partial charge in [0.05, 0.1) is 31.2 Å². The van der Waals surface area contributed by atoms with Crippen LogP contribution in [0.25, 0.3) is 11.1 Å². The summed E-state index contributed by atoms with van der Waals surface area (Å²) in [4.78, 5) is 19.8. The quantitative estimate of drug-likeness (QED) is 0.620. The number of methoxy groups -OCH3 is 1. The van der Waals surface area contributed by atoms with Crippen molar-refractivity contribution >= 4 is 17.4 Å². The molecular weight excluding hydrogens is 402 g/mol. The van der Waals surface area contributed by atoms with E-state index in [9.17, 15) is 4.79 Å². The number of carbonyl (C=O) groups is 1. The molecule has 1 saturated heterocycles. The number of hydrogen-bond acceptors (Lipinski definition) is 5. The van der Waals surface area contributed by atoms with Crippen molar-refractivity contribution in [3.63, 3.8) is 0 Å². The van der Waals surface area contributed by atoms with E-state index in [0.29, 0.717) is 11.3 Å². The van der Waals surface area contributed by atoms with E-state index in [1.54, 1.807) is 13.3 Å². The largest absolute Gasteiger partial charge is 0.497 e. The molecule has 1 aliphatic rings. The minimum Gasteiger partial charge on any atom is -0.497 e. The summed E-state index contributed by atoms with van der Waals surface area (Å²) in [7, 11) is 1.65. The lowest BCUT2D eigenvalue weighted by Crippen LogP contribution is -2.45. The van der Waals surface area contributed by atoms with Crippen molar-refractivity contribution < 1.29 is 14.3 Å². The van der Waals surface area contributed by atoms with Crippen molar-refractivity contribution in [3.05, 3.63) is 71.9 Å². The van der Waals surface area contributed by atoms with Crippen LogP contribution in [0, 0.1) is 6.92 Å². The lowest BCUT2D eigenvalue weighted by atomic mass is 9.96. The summed E-state index contributed by atoms with van der Waals surface area (Å²) in [6, 6.07) is 17.5. The average molecular weight is 432 g/mol. The van der Waals surface area contributed by atoms with Gasteiger partial charge in [0.25, 0.3) is 5.91 Å². The highest BCUT2D eigenvalue weighted by Gasteiger charge is 2.23. The van der Waals surface area contributed by atoms with Gasteiger partial charge in [0.2, 0.25) is 0 Å². The van der Waals surface area contributed by atoms with Gasteiger partial charge in [0, 0.05) is 18.7 Å². The number of morpholine rings is 1. The number of hydrogen-bond donors (Lipinski definition) is 1. The van der Waals surface area contributed by atoms with Gasteiger partial charge in [-0.25, -0.2) is 4.98 Å². The second-order valence-electron chi connectivity index (χ2n) is 8.23. The highest BCUT2D eigenvalue weighted by Crippen LogP contribution is 2.28. The minimum atomic E-state index is -0.152. The van der Waals surface area contributed by atoms with E-state index in [2.05, 4.69) is 29.0 Å². The van der Waals surface area contributed by atoms with Crippen LogP contribution in [0.3, 0.4) is 0 Å². The van der Waals surface area contributed by atoms with Gasteiger partial charge in [-0.05, 0) is 67.8 Å². The van der Waals surface area contributed by atoms with Crippen LogP contribution in [0.4, 0.5) is 11.5 Å². The number of rotatable bonds is 5. The maximum absolute atomic E-state index is 13.0. The third-order valence-electron chi connectivity index (χ3n) is 5.73. The van der Waals surface area contributed by atoms with Crippen LogP contribution >= 0.6 is 0 Å². The zero-order valence-corrected chi connectivity index (χ0v) is 19.0. The SMILES string of the molecule is COc1ccc(-c2cccc(C(=O)Nc3ccc(N4CC(C)OC(C)C4)nc3)c2C)cc1. The Hall–Kier alpha value is -3.38. The first-order valence-electron chi connectivity index (χ1n) is 10.9. The van der Waals surface area contributed by atoms with Crippen molar-refractivity contribution in [2.45, 2.75) is 33.0 Å². The Morgan fingerprint density at radius 1 is 1.06 bits per heavy atom. The third-order valence-corrected chi connectivity index (χ3v) is 5.73. The van der Waals surface area contributed by atoms with Crippen molar-refractivity contribution in [2.75, 3.05) is 30.4 Å². The molecule has 6 nitrogen and oxygen atoms in total. The fraction of sp³-hybridized carbons (Fsp3) is 0.308. The van der Waals surface area contributed by atoms with Gasteiger partial charge < -0.3 is 19.7 Å². The number of amides is 1. The summed E-state index contributed by atoms with van der Waals surface area (Å²) in [6.07, 6.45) is 2.04. The molecule has 0 spiro atoms. The molecule has 2 atom stereocenters. The molecule has 2 aromatic carbocycles. The molecule has 6 heteroatoms. The zero-order valence-electron chi connectivity index (χ0n) is 19.0. The molecule has 1 fully saturated rings. The molecule has 0 radical (unpaired) electrons. The predicted octanol–water partition coefficient (Wildman–Crippen LogP) is 4.93. The van der Waals surface area contributed by atoms with Crippen LogP contribution in [-0.4, -0.2) is 43.3 Å². The topological polar surface area (TPSA) is 63.7 Å². The molecule has 0 saturated carbocycles. The Labute approximate surface area is 189 Å². The Morgan fingerprint density at radius 2 is 1.78 bits per heavy atom. The van der Waals surface area contributed by atoms with Crippen molar-refractivity contribution in [1.29, 1.82) is 0 Å². The molecule has 32 heavy (non-hydrogen) atoms. The van der Waals surface area contributed by atoms with Crippen LogP contribution in [0.1, 0.15) is 29.8 Å². The number of pyridine rings is 1. The highest BCUT2D eigenvalue weighted by atomic mass is 16.5. The summed E-state index contributed by atoms with van der Waals surface area (Å²) in [5.41, 5.74) is 4.29. The molecule has 2 unspecified atom stereocenters. The standard InChI is InChI=1S/C26H29N3O3/c1-17-15-29(16-18(2)32-17)25-13-10-21(14-27-25)28-26(30)24-7-5-6-23(19(24)3)20-8-11-22(31-4)12-9-20/h5-14,17-18H,15-16H2,1-4H3,(H,28,30). The Balaban J connectivity index is 1.49. The molecule has 1 N–H and O–H groups in total. The van der Waals surface area contributed by atoms with Crippen LogP contribution in [0.5, 0.6) is 5.75 Å². The number of nitrogens with zero attached hydrogens (tertiary/aromatic N) is 2. The first-order chi connectivity index (χ1) is 15.4. The van der Waals surface area contributed by atoms with E-state index in [0.717, 1.165) is 41.3 Å². The number of aromatic nitrogens is 1. The predicted molar refractivity (Wildman–Crippen MR) is 128 cm³/mol. The Bertz CT molecular complexity index is 1070. The molecular formula is C26H29N3O3. The second kappa shape index (κ2) is 9.40. The smallest absolute Gasteiger partial charge is 0.255 e. The van der Waals surface area contributed by atoms with Gasteiger partial charge in [0.1, 0.15) is 11.6 Å². The molecule has 1 aromatic heterocycles. The molecule has 166 valence electrons.